The lowest BCUT2D eigenvalue weighted by molar-refractivity contribution is 0.431. The van der Waals surface area contributed by atoms with Crippen LogP contribution in [0.1, 0.15) is 48.3 Å². The monoisotopic (exact) mass is 354 g/mol. The van der Waals surface area contributed by atoms with Crippen LogP contribution in [0.3, 0.4) is 0 Å². The molecule has 0 spiro atoms. The predicted molar refractivity (Wildman–Crippen MR) is 91.1 cm³/mol. The average molecular weight is 354 g/mol. The molecule has 3 rings (SSSR count). The van der Waals surface area contributed by atoms with Crippen LogP contribution in [0.15, 0.2) is 21.7 Å². The van der Waals surface area contributed by atoms with E-state index in [-0.39, 0.29) is 6.04 Å². The molecule has 0 bridgehead atoms. The summed E-state index contributed by atoms with van der Waals surface area (Å²) in [6.07, 6.45) is 7.93. The van der Waals surface area contributed by atoms with Crippen molar-refractivity contribution in [1.82, 2.24) is 9.88 Å². The summed E-state index contributed by atoms with van der Waals surface area (Å²) in [6.45, 7) is 3.76. The van der Waals surface area contributed by atoms with Crippen molar-refractivity contribution in [3.8, 4) is 11.3 Å². The summed E-state index contributed by atoms with van der Waals surface area (Å²) in [5.74, 6) is 0.507. The smallest absolute Gasteiger partial charge is 0.242 e. The molecular formula is C16H22N2O3S2. The molecule has 1 fully saturated rings. The lowest BCUT2D eigenvalue weighted by Gasteiger charge is -2.17. The predicted octanol–water partition coefficient (Wildman–Crippen LogP) is 4.02. The van der Waals surface area contributed by atoms with Gasteiger partial charge in [0.15, 0.2) is 5.76 Å². The Labute approximate surface area is 141 Å². The zero-order valence-corrected chi connectivity index (χ0v) is 15.1. The van der Waals surface area contributed by atoms with Crippen LogP contribution in [-0.2, 0) is 10.0 Å². The maximum atomic E-state index is 13.0. The van der Waals surface area contributed by atoms with Gasteiger partial charge in [-0.2, -0.15) is 0 Å². The molecule has 0 amide bonds. The van der Waals surface area contributed by atoms with Crippen molar-refractivity contribution >= 4 is 21.4 Å². The topological polar surface area (TPSA) is 72.2 Å². The highest BCUT2D eigenvalue weighted by molar-refractivity contribution is 7.89. The molecule has 1 saturated carbocycles. The minimum absolute atomic E-state index is 0.0321. The van der Waals surface area contributed by atoms with Crippen LogP contribution in [-0.4, -0.2) is 19.6 Å². The van der Waals surface area contributed by atoms with Crippen LogP contribution in [0.5, 0.6) is 0 Å². The zero-order valence-electron chi connectivity index (χ0n) is 13.5. The maximum absolute atomic E-state index is 13.0. The number of nitrogens with one attached hydrogen (secondary N) is 1. The minimum Gasteiger partial charge on any atom is -0.356 e. The fourth-order valence-corrected chi connectivity index (χ4v) is 6.46. The van der Waals surface area contributed by atoms with Gasteiger partial charge in [0, 0.05) is 21.9 Å². The molecule has 2 heterocycles. The number of hydrogen-bond acceptors (Lipinski definition) is 5. The second-order valence-electron chi connectivity index (χ2n) is 6.11. The van der Waals surface area contributed by atoms with Gasteiger partial charge in [0.05, 0.1) is 11.8 Å². The van der Waals surface area contributed by atoms with Gasteiger partial charge in [0.1, 0.15) is 4.90 Å². The number of rotatable bonds is 4. The largest absolute Gasteiger partial charge is 0.356 e. The van der Waals surface area contributed by atoms with Gasteiger partial charge in [-0.3, -0.25) is 0 Å². The lowest BCUT2D eigenvalue weighted by Crippen LogP contribution is -2.34. The van der Waals surface area contributed by atoms with E-state index in [4.69, 9.17) is 4.52 Å². The molecule has 0 radical (unpaired) electrons. The van der Waals surface area contributed by atoms with Gasteiger partial charge >= 0.3 is 0 Å². The van der Waals surface area contributed by atoms with Gasteiger partial charge in [-0.05, 0) is 26.7 Å². The average Bonchev–Trinajstić information content (AvgIpc) is 3.01. The van der Waals surface area contributed by atoms with Gasteiger partial charge in [-0.1, -0.05) is 30.8 Å². The van der Waals surface area contributed by atoms with Crippen LogP contribution < -0.4 is 4.72 Å². The molecule has 0 atom stereocenters. The Morgan fingerprint density at radius 3 is 2.48 bits per heavy atom. The maximum Gasteiger partial charge on any atom is 0.242 e. The van der Waals surface area contributed by atoms with E-state index in [0.717, 1.165) is 35.4 Å². The van der Waals surface area contributed by atoms with E-state index in [9.17, 15) is 8.42 Å². The van der Waals surface area contributed by atoms with Gasteiger partial charge < -0.3 is 4.52 Å². The van der Waals surface area contributed by atoms with Crippen molar-refractivity contribution in [2.45, 2.75) is 63.3 Å². The number of aryl methyl sites for hydroxylation is 2. The summed E-state index contributed by atoms with van der Waals surface area (Å²) in [7, 11) is -3.57. The van der Waals surface area contributed by atoms with Gasteiger partial charge in [-0.25, -0.2) is 13.1 Å². The fraction of sp³-hybridized carbons (Fsp3) is 0.562. The molecule has 0 aromatic carbocycles. The standard InChI is InChI=1S/C16H22N2O3S2/c1-11-15(14-9-10-17-21-14)16(12(2)22-11)23(19,20)18-13-7-5-3-4-6-8-13/h9-10,13,18H,3-8H2,1-2H3. The summed E-state index contributed by atoms with van der Waals surface area (Å²) in [6, 6.07) is 1.74. The Kier molecular flexibility index (Phi) is 4.89. The van der Waals surface area contributed by atoms with E-state index >= 15 is 0 Å². The third-order valence-electron chi connectivity index (χ3n) is 4.34. The molecule has 7 heteroatoms. The molecule has 1 aliphatic rings. The second-order valence-corrected chi connectivity index (χ2v) is 9.18. The molecule has 2 aromatic rings. The van der Waals surface area contributed by atoms with Gasteiger partial charge in [-0.15, -0.1) is 11.3 Å². The SMILES string of the molecule is Cc1sc(C)c(S(=O)(=O)NC2CCCCCC2)c1-c1ccno1. The molecule has 0 unspecified atom stereocenters. The molecule has 5 nitrogen and oxygen atoms in total. The van der Waals surface area contributed by atoms with E-state index in [0.29, 0.717) is 16.2 Å². The lowest BCUT2D eigenvalue weighted by atomic mass is 10.1. The van der Waals surface area contributed by atoms with E-state index < -0.39 is 10.0 Å². The van der Waals surface area contributed by atoms with Crippen LogP contribution in [0.4, 0.5) is 0 Å². The highest BCUT2D eigenvalue weighted by Crippen LogP contribution is 2.39. The molecule has 0 aliphatic heterocycles. The Hall–Kier alpha value is -1.18. The molecule has 1 N–H and O–H groups in total. The van der Waals surface area contributed by atoms with E-state index in [1.165, 1.54) is 30.4 Å². The first-order valence-electron chi connectivity index (χ1n) is 8.02. The molecule has 0 saturated heterocycles. The molecule has 1 aliphatic carbocycles. The first kappa shape index (κ1) is 16.7. The minimum atomic E-state index is -3.57. The van der Waals surface area contributed by atoms with Crippen LogP contribution in [0.25, 0.3) is 11.3 Å². The summed E-state index contributed by atoms with van der Waals surface area (Å²) < 4.78 is 34.1. The summed E-state index contributed by atoms with van der Waals surface area (Å²) in [5, 5.41) is 3.71. The van der Waals surface area contributed by atoms with E-state index in [1.807, 2.05) is 13.8 Å². The number of hydrogen-bond donors (Lipinski definition) is 1. The van der Waals surface area contributed by atoms with E-state index in [1.54, 1.807) is 6.07 Å². The third kappa shape index (κ3) is 3.51. The Balaban J connectivity index is 1.96. The molecule has 126 valence electrons. The van der Waals surface area contributed by atoms with Crippen molar-refractivity contribution in [2.24, 2.45) is 0 Å². The first-order valence-corrected chi connectivity index (χ1v) is 10.3. The molecule has 23 heavy (non-hydrogen) atoms. The van der Waals surface area contributed by atoms with Crippen molar-refractivity contribution in [2.75, 3.05) is 0 Å². The van der Waals surface area contributed by atoms with Crippen LogP contribution in [0, 0.1) is 13.8 Å². The van der Waals surface area contributed by atoms with Crippen molar-refractivity contribution < 1.29 is 12.9 Å². The third-order valence-corrected chi connectivity index (χ3v) is 7.18. The normalized spacial score (nSPS) is 17.3. The van der Waals surface area contributed by atoms with Crippen LogP contribution in [0.2, 0.25) is 0 Å². The van der Waals surface area contributed by atoms with Crippen molar-refractivity contribution in [1.29, 1.82) is 0 Å². The quantitative estimate of drug-likeness (QED) is 0.842. The van der Waals surface area contributed by atoms with Crippen LogP contribution >= 0.6 is 11.3 Å². The summed E-state index contributed by atoms with van der Waals surface area (Å²) in [4.78, 5) is 2.07. The number of thiophene rings is 1. The fourth-order valence-electron chi connectivity index (χ4n) is 3.29. The Morgan fingerprint density at radius 2 is 1.87 bits per heavy atom. The summed E-state index contributed by atoms with van der Waals surface area (Å²) >= 11 is 1.48. The van der Waals surface area contributed by atoms with Gasteiger partial charge in [0.2, 0.25) is 10.0 Å². The zero-order chi connectivity index (χ0) is 16.4. The second kappa shape index (κ2) is 6.75. The molecule has 2 aromatic heterocycles. The van der Waals surface area contributed by atoms with Crippen molar-refractivity contribution in [3.63, 3.8) is 0 Å². The Morgan fingerprint density at radius 1 is 1.17 bits per heavy atom. The highest BCUT2D eigenvalue weighted by atomic mass is 32.2. The number of sulfonamides is 1. The first-order chi connectivity index (χ1) is 11.0. The highest BCUT2D eigenvalue weighted by Gasteiger charge is 2.30. The molecular weight excluding hydrogens is 332 g/mol. The van der Waals surface area contributed by atoms with E-state index in [2.05, 4.69) is 9.88 Å². The van der Waals surface area contributed by atoms with Gasteiger partial charge in [0.25, 0.3) is 0 Å². The number of aromatic nitrogens is 1. The van der Waals surface area contributed by atoms with Crippen molar-refractivity contribution in [3.05, 3.63) is 22.0 Å². The Bertz CT molecular complexity index is 756. The number of nitrogens with zero attached hydrogens (tertiary/aromatic N) is 1. The summed E-state index contributed by atoms with van der Waals surface area (Å²) in [5.41, 5.74) is 0.645.